The van der Waals surface area contributed by atoms with Crippen molar-refractivity contribution < 1.29 is 14.4 Å². The Labute approximate surface area is 164 Å². The molecule has 0 bridgehead atoms. The topological polar surface area (TPSA) is 69.7 Å². The molecule has 2 aliphatic heterocycles. The minimum absolute atomic E-state index is 0.0258. The summed E-state index contributed by atoms with van der Waals surface area (Å²) in [5, 5.41) is 2.89. The van der Waals surface area contributed by atoms with Crippen LogP contribution in [0, 0.1) is 13.8 Å². The van der Waals surface area contributed by atoms with E-state index in [0.29, 0.717) is 29.8 Å². The number of aryl methyl sites for hydroxylation is 2. The fourth-order valence-electron chi connectivity index (χ4n) is 4.33. The van der Waals surface area contributed by atoms with E-state index in [-0.39, 0.29) is 24.3 Å². The molecule has 28 heavy (non-hydrogen) atoms. The molecule has 4 rings (SSSR count). The molecular weight excluding hydrogens is 354 g/mol. The first-order chi connectivity index (χ1) is 13.3. The fraction of sp³-hybridized carbons (Fsp3) is 0.318. The SMILES string of the molecule is Cc1cc(C)cc(NC(=O)CN2C(=O)c3ccccc3N3C(=O)CCC23C)c1. The highest BCUT2D eigenvalue weighted by atomic mass is 16.2. The van der Waals surface area contributed by atoms with E-state index in [0.717, 1.165) is 11.1 Å². The van der Waals surface area contributed by atoms with Gasteiger partial charge in [-0.1, -0.05) is 18.2 Å². The zero-order valence-electron chi connectivity index (χ0n) is 16.3. The van der Waals surface area contributed by atoms with Crippen LogP contribution in [-0.4, -0.2) is 34.8 Å². The smallest absolute Gasteiger partial charge is 0.258 e. The van der Waals surface area contributed by atoms with Crippen LogP contribution in [0.2, 0.25) is 0 Å². The van der Waals surface area contributed by atoms with Gasteiger partial charge < -0.3 is 10.2 Å². The molecule has 144 valence electrons. The Balaban J connectivity index is 1.64. The summed E-state index contributed by atoms with van der Waals surface area (Å²) >= 11 is 0. The van der Waals surface area contributed by atoms with Crippen LogP contribution < -0.4 is 10.2 Å². The van der Waals surface area contributed by atoms with Crippen LogP contribution in [0.25, 0.3) is 0 Å². The molecule has 2 aromatic carbocycles. The number of rotatable bonds is 3. The number of anilines is 2. The highest BCUT2D eigenvalue weighted by Gasteiger charge is 2.53. The van der Waals surface area contributed by atoms with Crippen LogP contribution >= 0.6 is 0 Å². The summed E-state index contributed by atoms with van der Waals surface area (Å²) in [6.07, 6.45) is 0.857. The molecule has 0 radical (unpaired) electrons. The van der Waals surface area contributed by atoms with Crippen molar-refractivity contribution >= 4 is 29.1 Å². The second kappa shape index (κ2) is 6.48. The molecule has 0 aliphatic carbocycles. The maximum Gasteiger partial charge on any atom is 0.258 e. The number of hydrogen-bond donors (Lipinski definition) is 1. The number of hydrogen-bond acceptors (Lipinski definition) is 3. The number of fused-ring (bicyclic) bond motifs is 3. The Morgan fingerprint density at radius 1 is 1.11 bits per heavy atom. The first-order valence-electron chi connectivity index (χ1n) is 9.42. The molecule has 6 nitrogen and oxygen atoms in total. The van der Waals surface area contributed by atoms with E-state index in [9.17, 15) is 14.4 Å². The summed E-state index contributed by atoms with van der Waals surface area (Å²) in [6.45, 7) is 5.68. The predicted molar refractivity (Wildman–Crippen MR) is 107 cm³/mol. The molecule has 0 aromatic heterocycles. The van der Waals surface area contributed by atoms with Gasteiger partial charge in [0, 0.05) is 12.1 Å². The second-order valence-electron chi connectivity index (χ2n) is 7.78. The van der Waals surface area contributed by atoms with E-state index >= 15 is 0 Å². The van der Waals surface area contributed by atoms with Gasteiger partial charge in [-0.2, -0.15) is 0 Å². The lowest BCUT2D eigenvalue weighted by molar-refractivity contribution is -0.120. The summed E-state index contributed by atoms with van der Waals surface area (Å²) < 4.78 is 0. The summed E-state index contributed by atoms with van der Waals surface area (Å²) in [4.78, 5) is 41.7. The van der Waals surface area contributed by atoms with Crippen molar-refractivity contribution in [2.75, 3.05) is 16.8 Å². The van der Waals surface area contributed by atoms with E-state index < -0.39 is 5.66 Å². The van der Waals surface area contributed by atoms with E-state index in [2.05, 4.69) is 5.32 Å². The Morgan fingerprint density at radius 2 is 1.79 bits per heavy atom. The average Bonchev–Trinajstić information content (AvgIpc) is 2.93. The van der Waals surface area contributed by atoms with Crippen molar-refractivity contribution in [3.05, 3.63) is 59.2 Å². The molecule has 1 unspecified atom stereocenters. The third kappa shape index (κ3) is 2.85. The number of nitrogens with zero attached hydrogens (tertiary/aromatic N) is 2. The normalized spacial score (nSPS) is 20.8. The van der Waals surface area contributed by atoms with Gasteiger partial charge >= 0.3 is 0 Å². The second-order valence-corrected chi connectivity index (χ2v) is 7.78. The zero-order valence-corrected chi connectivity index (χ0v) is 16.3. The minimum atomic E-state index is -0.831. The molecule has 6 heteroatoms. The summed E-state index contributed by atoms with van der Waals surface area (Å²) in [6, 6.07) is 12.9. The summed E-state index contributed by atoms with van der Waals surface area (Å²) in [5.74, 6) is -0.528. The predicted octanol–water partition coefficient (Wildman–Crippen LogP) is 3.24. The number of carbonyl (C=O) groups is 3. The maximum absolute atomic E-state index is 13.2. The molecule has 1 atom stereocenters. The van der Waals surface area contributed by atoms with Gasteiger partial charge in [-0.05, 0) is 62.6 Å². The first-order valence-corrected chi connectivity index (χ1v) is 9.42. The van der Waals surface area contributed by atoms with Gasteiger partial charge in [-0.15, -0.1) is 0 Å². The molecule has 0 spiro atoms. The third-order valence-electron chi connectivity index (χ3n) is 5.55. The van der Waals surface area contributed by atoms with E-state index in [1.807, 2.05) is 45.0 Å². The van der Waals surface area contributed by atoms with E-state index in [4.69, 9.17) is 0 Å². The highest BCUT2D eigenvalue weighted by molar-refractivity contribution is 6.11. The van der Waals surface area contributed by atoms with Crippen LogP contribution in [0.15, 0.2) is 42.5 Å². The Morgan fingerprint density at radius 3 is 2.50 bits per heavy atom. The Kier molecular flexibility index (Phi) is 4.22. The molecule has 1 saturated heterocycles. The van der Waals surface area contributed by atoms with Crippen molar-refractivity contribution in [2.24, 2.45) is 0 Å². The van der Waals surface area contributed by atoms with Crippen LogP contribution in [0.3, 0.4) is 0 Å². The van der Waals surface area contributed by atoms with Crippen LogP contribution in [0.1, 0.15) is 41.3 Å². The lowest BCUT2D eigenvalue weighted by Gasteiger charge is -2.48. The Hall–Kier alpha value is -3.15. The van der Waals surface area contributed by atoms with Crippen molar-refractivity contribution in [3.63, 3.8) is 0 Å². The van der Waals surface area contributed by atoms with E-state index in [1.165, 1.54) is 4.90 Å². The summed E-state index contributed by atoms with van der Waals surface area (Å²) in [7, 11) is 0. The molecule has 2 aliphatic rings. The molecule has 2 aromatic rings. The minimum Gasteiger partial charge on any atom is -0.325 e. The largest absolute Gasteiger partial charge is 0.325 e. The molecule has 2 heterocycles. The van der Waals surface area contributed by atoms with Gasteiger partial charge in [0.05, 0.1) is 11.3 Å². The van der Waals surface area contributed by atoms with Gasteiger partial charge in [0.25, 0.3) is 5.91 Å². The van der Waals surface area contributed by atoms with Gasteiger partial charge in [0.15, 0.2) is 0 Å². The van der Waals surface area contributed by atoms with Gasteiger partial charge in [0.1, 0.15) is 12.2 Å². The van der Waals surface area contributed by atoms with Crippen molar-refractivity contribution in [2.45, 2.75) is 39.3 Å². The number of nitrogens with one attached hydrogen (secondary N) is 1. The molecule has 3 amide bonds. The first kappa shape index (κ1) is 18.2. The third-order valence-corrected chi connectivity index (χ3v) is 5.55. The van der Waals surface area contributed by atoms with Crippen LogP contribution in [-0.2, 0) is 9.59 Å². The van der Waals surface area contributed by atoms with Crippen molar-refractivity contribution in [3.8, 4) is 0 Å². The molecule has 1 N–H and O–H groups in total. The molecule has 0 saturated carbocycles. The molecular formula is C22H23N3O3. The quantitative estimate of drug-likeness (QED) is 0.893. The monoisotopic (exact) mass is 377 g/mol. The Bertz CT molecular complexity index is 980. The number of amides is 3. The van der Waals surface area contributed by atoms with Crippen molar-refractivity contribution in [1.29, 1.82) is 0 Å². The van der Waals surface area contributed by atoms with Gasteiger partial charge in [0.2, 0.25) is 11.8 Å². The number of para-hydroxylation sites is 1. The standard InChI is InChI=1S/C22H23N3O3/c1-14-10-15(2)12-16(11-14)23-19(26)13-24-21(28)17-6-4-5-7-18(17)25-20(27)8-9-22(24,25)3/h4-7,10-12H,8-9,13H2,1-3H3,(H,23,26). The highest BCUT2D eigenvalue weighted by Crippen LogP contribution is 2.43. The van der Waals surface area contributed by atoms with Crippen LogP contribution in [0.4, 0.5) is 11.4 Å². The maximum atomic E-state index is 13.2. The van der Waals surface area contributed by atoms with Crippen LogP contribution in [0.5, 0.6) is 0 Å². The lowest BCUT2D eigenvalue weighted by Crippen LogP contribution is -2.63. The average molecular weight is 377 g/mol. The zero-order chi connectivity index (χ0) is 20.1. The molecule has 1 fully saturated rings. The van der Waals surface area contributed by atoms with Gasteiger partial charge in [-0.3, -0.25) is 19.3 Å². The summed E-state index contributed by atoms with van der Waals surface area (Å²) in [5.41, 5.74) is 3.06. The lowest BCUT2D eigenvalue weighted by atomic mass is 9.98. The number of benzene rings is 2. The fourth-order valence-corrected chi connectivity index (χ4v) is 4.33. The van der Waals surface area contributed by atoms with Gasteiger partial charge in [-0.25, -0.2) is 0 Å². The number of carbonyl (C=O) groups excluding carboxylic acids is 3. The van der Waals surface area contributed by atoms with Crippen molar-refractivity contribution in [1.82, 2.24) is 4.90 Å². The van der Waals surface area contributed by atoms with E-state index in [1.54, 1.807) is 23.1 Å².